The van der Waals surface area contributed by atoms with Crippen LogP contribution in [0.25, 0.3) is 11.5 Å². The predicted molar refractivity (Wildman–Crippen MR) is 109 cm³/mol. The lowest BCUT2D eigenvalue weighted by molar-refractivity contribution is 0.102. The van der Waals surface area contributed by atoms with E-state index in [4.69, 9.17) is 4.74 Å². The summed E-state index contributed by atoms with van der Waals surface area (Å²) in [7, 11) is 1.61. The fourth-order valence-electron chi connectivity index (χ4n) is 2.97. The van der Waals surface area contributed by atoms with Crippen molar-refractivity contribution in [1.29, 1.82) is 0 Å². The molecule has 0 atom stereocenters. The summed E-state index contributed by atoms with van der Waals surface area (Å²) in [6.07, 6.45) is 5.38. The van der Waals surface area contributed by atoms with Crippen molar-refractivity contribution < 1.29 is 9.53 Å². The summed E-state index contributed by atoms with van der Waals surface area (Å²) in [5.41, 5.74) is 3.22. The molecule has 4 aromatic rings. The van der Waals surface area contributed by atoms with Crippen LogP contribution in [0.5, 0.6) is 5.75 Å². The lowest BCUT2D eigenvalue weighted by atomic mass is 10.2. The van der Waals surface area contributed by atoms with Gasteiger partial charge in [-0.05, 0) is 55.5 Å². The van der Waals surface area contributed by atoms with Crippen LogP contribution in [-0.4, -0.2) is 27.4 Å². The third-order valence-electron chi connectivity index (χ3n) is 4.46. The van der Waals surface area contributed by atoms with Crippen LogP contribution < -0.4 is 10.1 Å². The molecule has 1 amide bonds. The van der Waals surface area contributed by atoms with Gasteiger partial charge in [0.15, 0.2) is 5.82 Å². The Balaban J connectivity index is 1.72. The number of aromatic nitrogens is 3. The Morgan fingerprint density at radius 2 is 1.68 bits per heavy atom. The Morgan fingerprint density at radius 1 is 1.00 bits per heavy atom. The minimum Gasteiger partial charge on any atom is -0.497 e. The molecular formula is C22H20N4O2. The van der Waals surface area contributed by atoms with Crippen molar-refractivity contribution in [1.82, 2.24) is 14.3 Å². The van der Waals surface area contributed by atoms with E-state index < -0.39 is 0 Å². The van der Waals surface area contributed by atoms with Crippen LogP contribution in [0.15, 0.2) is 79.3 Å². The van der Waals surface area contributed by atoms with E-state index in [1.165, 1.54) is 0 Å². The lowest BCUT2D eigenvalue weighted by Gasteiger charge is -2.11. The number of hydrogen-bond donors (Lipinski definition) is 1. The van der Waals surface area contributed by atoms with Crippen LogP contribution in [0.2, 0.25) is 0 Å². The Morgan fingerprint density at radius 3 is 2.32 bits per heavy atom. The van der Waals surface area contributed by atoms with E-state index in [0.717, 1.165) is 17.0 Å². The number of carbonyl (C=O) groups is 1. The Kier molecular flexibility index (Phi) is 4.68. The van der Waals surface area contributed by atoms with E-state index in [2.05, 4.69) is 10.4 Å². The number of ether oxygens (including phenoxy) is 1. The van der Waals surface area contributed by atoms with Gasteiger partial charge in [-0.25, -0.2) is 4.68 Å². The van der Waals surface area contributed by atoms with Gasteiger partial charge < -0.3 is 14.6 Å². The Hall–Kier alpha value is -3.80. The van der Waals surface area contributed by atoms with Gasteiger partial charge in [-0.2, -0.15) is 5.10 Å². The molecule has 0 spiro atoms. The average Bonchev–Trinajstić information content (AvgIpc) is 3.38. The zero-order valence-electron chi connectivity index (χ0n) is 15.7. The van der Waals surface area contributed by atoms with Crippen molar-refractivity contribution in [3.05, 3.63) is 90.4 Å². The van der Waals surface area contributed by atoms with Gasteiger partial charge in [-0.3, -0.25) is 4.79 Å². The van der Waals surface area contributed by atoms with Crippen molar-refractivity contribution in [3.63, 3.8) is 0 Å². The lowest BCUT2D eigenvalue weighted by Crippen LogP contribution is -2.15. The molecule has 0 aliphatic heterocycles. The molecule has 0 radical (unpaired) electrons. The number of anilines is 1. The van der Waals surface area contributed by atoms with Crippen LogP contribution in [0.3, 0.4) is 0 Å². The second-order valence-electron chi connectivity index (χ2n) is 6.40. The highest BCUT2D eigenvalue weighted by molar-refractivity contribution is 6.06. The molecule has 0 aliphatic carbocycles. The van der Waals surface area contributed by atoms with E-state index in [1.54, 1.807) is 42.3 Å². The molecule has 6 heteroatoms. The first kappa shape index (κ1) is 17.6. The fraction of sp³-hybridized carbons (Fsp3) is 0.0909. The quantitative estimate of drug-likeness (QED) is 0.570. The van der Waals surface area contributed by atoms with Crippen LogP contribution in [0, 0.1) is 6.92 Å². The van der Waals surface area contributed by atoms with Crippen LogP contribution in [0.1, 0.15) is 15.9 Å². The maximum atomic E-state index is 13.0. The molecular weight excluding hydrogens is 352 g/mol. The minimum absolute atomic E-state index is 0.229. The minimum atomic E-state index is -0.229. The predicted octanol–water partition coefficient (Wildman–Crippen LogP) is 4.23. The molecule has 0 aliphatic rings. The highest BCUT2D eigenvalue weighted by Crippen LogP contribution is 2.22. The van der Waals surface area contributed by atoms with Crippen LogP contribution in [0.4, 0.5) is 5.69 Å². The zero-order chi connectivity index (χ0) is 19.5. The molecule has 0 saturated heterocycles. The van der Waals surface area contributed by atoms with E-state index in [-0.39, 0.29) is 5.91 Å². The van der Waals surface area contributed by atoms with Crippen molar-refractivity contribution in [2.24, 2.45) is 0 Å². The normalized spacial score (nSPS) is 10.6. The molecule has 140 valence electrons. The summed E-state index contributed by atoms with van der Waals surface area (Å²) in [4.78, 5) is 13.0. The number of rotatable bonds is 5. The Labute approximate surface area is 163 Å². The van der Waals surface area contributed by atoms with Gasteiger partial charge in [0.25, 0.3) is 5.91 Å². The van der Waals surface area contributed by atoms with E-state index in [1.807, 2.05) is 60.3 Å². The first-order chi connectivity index (χ1) is 13.7. The van der Waals surface area contributed by atoms with E-state index >= 15 is 0 Å². The molecule has 4 rings (SSSR count). The van der Waals surface area contributed by atoms with E-state index in [9.17, 15) is 4.79 Å². The van der Waals surface area contributed by atoms with Gasteiger partial charge >= 0.3 is 0 Å². The summed E-state index contributed by atoms with van der Waals surface area (Å²) < 4.78 is 8.81. The van der Waals surface area contributed by atoms with Crippen LogP contribution >= 0.6 is 0 Å². The smallest absolute Gasteiger partial charge is 0.261 e. The first-order valence-corrected chi connectivity index (χ1v) is 8.89. The van der Waals surface area contributed by atoms with Gasteiger partial charge in [0.05, 0.1) is 19.0 Å². The second-order valence-corrected chi connectivity index (χ2v) is 6.40. The van der Waals surface area contributed by atoms with Gasteiger partial charge in [0.2, 0.25) is 0 Å². The molecule has 0 fully saturated rings. The highest BCUT2D eigenvalue weighted by atomic mass is 16.5. The molecule has 1 N–H and O–H groups in total. The topological polar surface area (TPSA) is 61.1 Å². The molecule has 6 nitrogen and oxygen atoms in total. The summed E-state index contributed by atoms with van der Waals surface area (Å²) in [5.74, 6) is 1.19. The maximum absolute atomic E-state index is 13.0. The largest absolute Gasteiger partial charge is 0.497 e. The number of aryl methyl sites for hydroxylation is 1. The standard InChI is InChI=1S/C22H20N4O2/c1-16-5-9-18(10-6-16)26-22(25-13-3-4-14-25)20(15-23-26)21(27)24-17-7-11-19(28-2)12-8-17/h3-15H,1-2H3,(H,24,27). The molecule has 0 unspecified atom stereocenters. The van der Waals surface area contributed by atoms with Gasteiger partial charge in [0.1, 0.15) is 11.3 Å². The molecule has 2 aromatic carbocycles. The summed E-state index contributed by atoms with van der Waals surface area (Å²) in [6.45, 7) is 2.04. The third kappa shape index (κ3) is 3.40. The molecule has 28 heavy (non-hydrogen) atoms. The van der Waals surface area contributed by atoms with Crippen LogP contribution in [-0.2, 0) is 0 Å². The molecule has 0 saturated carbocycles. The van der Waals surface area contributed by atoms with E-state index in [0.29, 0.717) is 17.1 Å². The maximum Gasteiger partial charge on any atom is 0.261 e. The number of methoxy groups -OCH3 is 1. The second kappa shape index (κ2) is 7.44. The average molecular weight is 372 g/mol. The highest BCUT2D eigenvalue weighted by Gasteiger charge is 2.20. The Bertz CT molecular complexity index is 1080. The van der Waals surface area contributed by atoms with Gasteiger partial charge in [0, 0.05) is 18.1 Å². The van der Waals surface area contributed by atoms with Gasteiger partial charge in [-0.15, -0.1) is 0 Å². The van der Waals surface area contributed by atoms with Crippen molar-refractivity contribution in [2.45, 2.75) is 6.92 Å². The third-order valence-corrected chi connectivity index (χ3v) is 4.46. The number of amides is 1. The number of hydrogen-bond acceptors (Lipinski definition) is 3. The zero-order valence-corrected chi connectivity index (χ0v) is 15.7. The SMILES string of the molecule is COc1ccc(NC(=O)c2cnn(-c3ccc(C)cc3)c2-n2cccc2)cc1. The summed E-state index contributed by atoms with van der Waals surface area (Å²) in [5, 5.41) is 7.40. The number of carbonyl (C=O) groups excluding carboxylic acids is 1. The van der Waals surface area contributed by atoms with Gasteiger partial charge in [-0.1, -0.05) is 17.7 Å². The van der Waals surface area contributed by atoms with Crippen molar-refractivity contribution >= 4 is 11.6 Å². The number of nitrogens with one attached hydrogen (secondary N) is 1. The summed E-state index contributed by atoms with van der Waals surface area (Å²) in [6, 6.07) is 19.1. The van der Waals surface area contributed by atoms with Crippen molar-refractivity contribution in [2.75, 3.05) is 12.4 Å². The first-order valence-electron chi connectivity index (χ1n) is 8.89. The monoisotopic (exact) mass is 372 g/mol. The molecule has 2 heterocycles. The summed E-state index contributed by atoms with van der Waals surface area (Å²) >= 11 is 0. The van der Waals surface area contributed by atoms with Crippen molar-refractivity contribution in [3.8, 4) is 17.3 Å². The number of nitrogens with zero attached hydrogens (tertiary/aromatic N) is 3. The number of benzene rings is 2. The molecule has 0 bridgehead atoms. The fourth-order valence-corrected chi connectivity index (χ4v) is 2.97. The molecule has 2 aromatic heterocycles.